The first kappa shape index (κ1) is 21.3. The van der Waals surface area contributed by atoms with Gasteiger partial charge in [0, 0.05) is 56.7 Å². The molecule has 1 N–H and O–H groups in total. The second-order valence-electron chi connectivity index (χ2n) is 8.79. The molecule has 3 heterocycles. The molecule has 0 bridgehead atoms. The van der Waals surface area contributed by atoms with E-state index in [1.165, 1.54) is 19.3 Å². The summed E-state index contributed by atoms with van der Waals surface area (Å²) in [4.78, 5) is 30.1. The first-order valence-corrected chi connectivity index (χ1v) is 11.1. The van der Waals surface area contributed by atoms with Gasteiger partial charge >= 0.3 is 5.97 Å². The molecule has 1 spiro atoms. The molecule has 0 saturated carbocycles. The van der Waals surface area contributed by atoms with Gasteiger partial charge in [0.15, 0.2) is 0 Å². The Labute approximate surface area is 169 Å². The fraction of sp³-hybridized carbons (Fsp3) is 0.818. The zero-order valence-corrected chi connectivity index (χ0v) is 18.1. The van der Waals surface area contributed by atoms with E-state index in [1.807, 2.05) is 0 Å². The van der Waals surface area contributed by atoms with Gasteiger partial charge in [-0.25, -0.2) is 4.79 Å². The molecule has 0 aliphatic carbocycles. The highest BCUT2D eigenvalue weighted by molar-refractivity contribution is 6.07. The minimum absolute atomic E-state index is 0.118. The minimum Gasteiger partial charge on any atom is -0.450 e. The predicted molar refractivity (Wildman–Crippen MR) is 110 cm³/mol. The van der Waals surface area contributed by atoms with E-state index in [0.717, 1.165) is 32.6 Å². The Morgan fingerprint density at radius 1 is 1.21 bits per heavy atom. The lowest BCUT2D eigenvalue weighted by Gasteiger charge is -2.39. The second-order valence-corrected chi connectivity index (χ2v) is 8.79. The molecule has 0 radical (unpaired) electrons. The van der Waals surface area contributed by atoms with Gasteiger partial charge in [-0.1, -0.05) is 13.3 Å². The summed E-state index contributed by atoms with van der Waals surface area (Å²) in [7, 11) is 0. The van der Waals surface area contributed by atoms with Gasteiger partial charge in [-0.3, -0.25) is 9.69 Å². The van der Waals surface area contributed by atoms with E-state index in [-0.39, 0.29) is 11.9 Å². The van der Waals surface area contributed by atoms with Crippen molar-refractivity contribution in [2.24, 2.45) is 0 Å². The van der Waals surface area contributed by atoms with E-state index in [9.17, 15) is 9.59 Å². The lowest BCUT2D eigenvalue weighted by molar-refractivity contribution is -0.150. The SMILES string of the molecule is CCN1CCC2(CC1)OC(=O)C(C)=C2C(=O)NCCCN1[C@@H](C)CCC[C@@H]1C. The van der Waals surface area contributed by atoms with Gasteiger partial charge in [-0.15, -0.1) is 0 Å². The zero-order valence-electron chi connectivity index (χ0n) is 18.1. The average Bonchev–Trinajstić information content (AvgIpc) is 2.91. The summed E-state index contributed by atoms with van der Waals surface area (Å²) in [5, 5.41) is 3.07. The van der Waals surface area contributed by atoms with E-state index in [1.54, 1.807) is 6.92 Å². The zero-order chi connectivity index (χ0) is 20.3. The number of nitrogens with zero attached hydrogens (tertiary/aromatic N) is 2. The van der Waals surface area contributed by atoms with Crippen LogP contribution >= 0.6 is 0 Å². The Morgan fingerprint density at radius 3 is 2.46 bits per heavy atom. The Morgan fingerprint density at radius 2 is 1.86 bits per heavy atom. The van der Waals surface area contributed by atoms with Gasteiger partial charge in [-0.05, 0) is 46.6 Å². The summed E-state index contributed by atoms with van der Waals surface area (Å²) in [5.74, 6) is -0.445. The molecule has 3 aliphatic rings. The predicted octanol–water partition coefficient (Wildman–Crippen LogP) is 2.48. The van der Waals surface area contributed by atoms with Crippen LogP contribution < -0.4 is 5.32 Å². The monoisotopic (exact) mass is 391 g/mol. The largest absolute Gasteiger partial charge is 0.450 e. The third kappa shape index (κ3) is 4.28. The highest BCUT2D eigenvalue weighted by Gasteiger charge is 2.50. The maximum absolute atomic E-state index is 13.0. The normalized spacial score (nSPS) is 28.6. The van der Waals surface area contributed by atoms with Crippen molar-refractivity contribution in [2.45, 2.75) is 83.9 Å². The first-order chi connectivity index (χ1) is 13.4. The number of rotatable bonds is 6. The molecule has 158 valence electrons. The van der Waals surface area contributed by atoms with Crippen molar-refractivity contribution in [3.05, 3.63) is 11.1 Å². The highest BCUT2D eigenvalue weighted by Crippen LogP contribution is 2.41. The average molecular weight is 392 g/mol. The van der Waals surface area contributed by atoms with Crippen LogP contribution in [0, 0.1) is 0 Å². The number of piperidine rings is 2. The Hall–Kier alpha value is -1.40. The fourth-order valence-corrected chi connectivity index (χ4v) is 5.18. The molecule has 0 aromatic rings. The molecule has 28 heavy (non-hydrogen) atoms. The van der Waals surface area contributed by atoms with Gasteiger partial charge in [-0.2, -0.15) is 0 Å². The number of nitrogens with one attached hydrogen (secondary N) is 1. The smallest absolute Gasteiger partial charge is 0.335 e. The van der Waals surface area contributed by atoms with E-state index in [2.05, 4.69) is 35.9 Å². The number of amides is 1. The van der Waals surface area contributed by atoms with Crippen LogP contribution in [0.4, 0.5) is 0 Å². The van der Waals surface area contributed by atoms with Crippen molar-refractivity contribution in [2.75, 3.05) is 32.7 Å². The highest BCUT2D eigenvalue weighted by atomic mass is 16.6. The van der Waals surface area contributed by atoms with E-state index >= 15 is 0 Å². The number of carbonyl (C=O) groups excluding carboxylic acids is 2. The summed E-state index contributed by atoms with van der Waals surface area (Å²) >= 11 is 0. The molecule has 6 nitrogen and oxygen atoms in total. The van der Waals surface area contributed by atoms with Crippen LogP contribution in [0.2, 0.25) is 0 Å². The summed E-state index contributed by atoms with van der Waals surface area (Å²) in [6.07, 6.45) is 6.18. The van der Waals surface area contributed by atoms with Gasteiger partial charge in [0.2, 0.25) is 0 Å². The van der Waals surface area contributed by atoms with Gasteiger partial charge in [0.05, 0.1) is 5.57 Å². The van der Waals surface area contributed by atoms with Crippen molar-refractivity contribution < 1.29 is 14.3 Å². The van der Waals surface area contributed by atoms with Crippen LogP contribution in [-0.4, -0.2) is 72.1 Å². The summed E-state index contributed by atoms with van der Waals surface area (Å²) in [5.41, 5.74) is 0.348. The van der Waals surface area contributed by atoms with Crippen LogP contribution in [0.5, 0.6) is 0 Å². The summed E-state index contributed by atoms with van der Waals surface area (Å²) < 4.78 is 5.75. The van der Waals surface area contributed by atoms with E-state index < -0.39 is 5.60 Å². The van der Waals surface area contributed by atoms with Crippen LogP contribution in [-0.2, 0) is 14.3 Å². The lowest BCUT2D eigenvalue weighted by Crippen LogP contribution is -2.49. The Bertz CT molecular complexity index is 613. The lowest BCUT2D eigenvalue weighted by atomic mass is 9.82. The van der Waals surface area contributed by atoms with Gasteiger partial charge in [0.1, 0.15) is 5.60 Å². The molecule has 3 aliphatic heterocycles. The van der Waals surface area contributed by atoms with Crippen LogP contribution in [0.25, 0.3) is 0 Å². The fourth-order valence-electron chi connectivity index (χ4n) is 5.18. The van der Waals surface area contributed by atoms with Crippen molar-refractivity contribution in [3.8, 4) is 0 Å². The molecular formula is C22H37N3O3. The van der Waals surface area contributed by atoms with Gasteiger partial charge < -0.3 is 15.0 Å². The van der Waals surface area contributed by atoms with Crippen molar-refractivity contribution in [1.82, 2.24) is 15.1 Å². The topological polar surface area (TPSA) is 61.9 Å². The van der Waals surface area contributed by atoms with Crippen LogP contribution in [0.3, 0.4) is 0 Å². The number of esters is 1. The maximum Gasteiger partial charge on any atom is 0.335 e. The molecular weight excluding hydrogens is 354 g/mol. The summed E-state index contributed by atoms with van der Waals surface area (Å²) in [6.45, 7) is 12.8. The number of hydrogen-bond donors (Lipinski definition) is 1. The maximum atomic E-state index is 13.0. The Kier molecular flexibility index (Phi) is 6.81. The first-order valence-electron chi connectivity index (χ1n) is 11.1. The molecule has 3 rings (SSSR count). The van der Waals surface area contributed by atoms with Gasteiger partial charge in [0.25, 0.3) is 5.91 Å². The number of likely N-dealkylation sites (tertiary alicyclic amines) is 2. The standard InChI is InChI=1S/C22H37N3O3/c1-5-24-14-10-22(11-15-24)19(18(4)21(27)28-22)20(26)23-12-7-13-25-16(2)8-6-9-17(25)3/h16-17H,5-15H2,1-4H3,(H,23,26)/t16-,17-/m0/s1. The molecule has 2 atom stereocenters. The molecule has 1 amide bonds. The Balaban J connectivity index is 1.55. The number of ether oxygens (including phenoxy) is 1. The van der Waals surface area contributed by atoms with E-state index in [4.69, 9.17) is 4.74 Å². The molecule has 0 aromatic carbocycles. The number of hydrogen-bond acceptors (Lipinski definition) is 5. The minimum atomic E-state index is -0.715. The van der Waals surface area contributed by atoms with E-state index in [0.29, 0.717) is 42.6 Å². The van der Waals surface area contributed by atoms with Crippen molar-refractivity contribution >= 4 is 11.9 Å². The quantitative estimate of drug-likeness (QED) is 0.557. The molecule has 0 aromatic heterocycles. The molecule has 2 saturated heterocycles. The second kappa shape index (κ2) is 8.95. The van der Waals surface area contributed by atoms with Crippen LogP contribution in [0.15, 0.2) is 11.1 Å². The third-order valence-corrected chi connectivity index (χ3v) is 7.02. The third-order valence-electron chi connectivity index (χ3n) is 7.02. The molecule has 6 heteroatoms. The number of carbonyl (C=O) groups is 2. The van der Waals surface area contributed by atoms with Crippen molar-refractivity contribution in [3.63, 3.8) is 0 Å². The van der Waals surface area contributed by atoms with Crippen LogP contribution in [0.1, 0.15) is 66.2 Å². The van der Waals surface area contributed by atoms with Crippen molar-refractivity contribution in [1.29, 1.82) is 0 Å². The summed E-state index contributed by atoms with van der Waals surface area (Å²) in [6, 6.07) is 1.24. The molecule has 0 unspecified atom stereocenters. The molecule has 2 fully saturated rings.